The molecule has 4 nitrogen and oxygen atoms in total. The van der Waals surface area contributed by atoms with Crippen LogP contribution in [0.5, 0.6) is 0 Å². The maximum absolute atomic E-state index is 5.26. The summed E-state index contributed by atoms with van der Waals surface area (Å²) in [4.78, 5) is 4.38. The van der Waals surface area contributed by atoms with Gasteiger partial charge in [0.15, 0.2) is 5.82 Å². The standard InChI is InChI=1S/C14H19N3O/c1-9(2)13-16-14(18-17-13)11(4)15-12-7-5-10(3)6-8-12/h5-9,11,15H,1-4H3. The number of aromatic nitrogens is 2. The van der Waals surface area contributed by atoms with E-state index in [9.17, 15) is 0 Å². The van der Waals surface area contributed by atoms with Gasteiger partial charge >= 0.3 is 0 Å². The van der Waals surface area contributed by atoms with Gasteiger partial charge in [0.2, 0.25) is 5.89 Å². The van der Waals surface area contributed by atoms with Crippen LogP contribution in [0.3, 0.4) is 0 Å². The van der Waals surface area contributed by atoms with Crippen molar-refractivity contribution in [2.75, 3.05) is 5.32 Å². The van der Waals surface area contributed by atoms with Gasteiger partial charge < -0.3 is 9.84 Å². The van der Waals surface area contributed by atoms with Gasteiger partial charge in [-0.15, -0.1) is 0 Å². The molecule has 1 heterocycles. The Morgan fingerprint density at radius 1 is 1.11 bits per heavy atom. The number of hydrogen-bond donors (Lipinski definition) is 1. The first kappa shape index (κ1) is 12.6. The van der Waals surface area contributed by atoms with E-state index < -0.39 is 0 Å². The van der Waals surface area contributed by atoms with Gasteiger partial charge in [0.25, 0.3) is 0 Å². The molecule has 1 aromatic carbocycles. The molecule has 2 rings (SSSR count). The second kappa shape index (κ2) is 5.21. The summed E-state index contributed by atoms with van der Waals surface area (Å²) in [6.07, 6.45) is 0. The predicted molar refractivity (Wildman–Crippen MR) is 71.6 cm³/mol. The maximum atomic E-state index is 5.26. The topological polar surface area (TPSA) is 51.0 Å². The van der Waals surface area contributed by atoms with Crippen molar-refractivity contribution in [3.63, 3.8) is 0 Å². The minimum atomic E-state index is 0.00714. The number of nitrogens with zero attached hydrogens (tertiary/aromatic N) is 2. The summed E-state index contributed by atoms with van der Waals surface area (Å²) in [5, 5.41) is 7.31. The van der Waals surface area contributed by atoms with E-state index in [0.717, 1.165) is 11.5 Å². The average molecular weight is 245 g/mol. The van der Waals surface area contributed by atoms with Crippen LogP contribution in [0.15, 0.2) is 28.8 Å². The van der Waals surface area contributed by atoms with Crippen molar-refractivity contribution in [3.05, 3.63) is 41.5 Å². The molecule has 0 saturated carbocycles. The fourth-order valence-electron chi connectivity index (χ4n) is 1.62. The van der Waals surface area contributed by atoms with Crippen LogP contribution in [0.1, 0.15) is 50.0 Å². The van der Waals surface area contributed by atoms with Crippen molar-refractivity contribution in [3.8, 4) is 0 Å². The van der Waals surface area contributed by atoms with Gasteiger partial charge in [-0.05, 0) is 26.0 Å². The minimum Gasteiger partial charge on any atom is -0.374 e. The first-order valence-corrected chi connectivity index (χ1v) is 6.23. The molecular formula is C14H19N3O. The van der Waals surface area contributed by atoms with E-state index in [1.54, 1.807) is 0 Å². The molecule has 0 aliphatic heterocycles. The maximum Gasteiger partial charge on any atom is 0.248 e. The first-order valence-electron chi connectivity index (χ1n) is 6.23. The lowest BCUT2D eigenvalue weighted by Crippen LogP contribution is -2.07. The van der Waals surface area contributed by atoms with Crippen LogP contribution < -0.4 is 5.32 Å². The first-order chi connectivity index (χ1) is 8.56. The van der Waals surface area contributed by atoms with E-state index in [2.05, 4.69) is 34.5 Å². The third kappa shape index (κ3) is 2.88. The molecule has 1 atom stereocenters. The number of nitrogens with one attached hydrogen (secondary N) is 1. The van der Waals surface area contributed by atoms with Crippen molar-refractivity contribution >= 4 is 5.69 Å². The van der Waals surface area contributed by atoms with Gasteiger partial charge in [-0.1, -0.05) is 36.7 Å². The van der Waals surface area contributed by atoms with E-state index in [0.29, 0.717) is 5.89 Å². The van der Waals surface area contributed by atoms with Crippen molar-refractivity contribution < 1.29 is 4.52 Å². The Balaban J connectivity index is 2.06. The number of rotatable bonds is 4. The largest absolute Gasteiger partial charge is 0.374 e. The summed E-state index contributed by atoms with van der Waals surface area (Å²) in [6, 6.07) is 8.25. The normalized spacial score (nSPS) is 12.7. The highest BCUT2D eigenvalue weighted by Crippen LogP contribution is 2.19. The summed E-state index contributed by atoms with van der Waals surface area (Å²) in [7, 11) is 0. The van der Waals surface area contributed by atoms with Crippen LogP contribution in [0.2, 0.25) is 0 Å². The lowest BCUT2D eigenvalue weighted by Gasteiger charge is -2.11. The van der Waals surface area contributed by atoms with Crippen LogP contribution >= 0.6 is 0 Å². The van der Waals surface area contributed by atoms with Crippen LogP contribution in [-0.2, 0) is 0 Å². The molecule has 1 unspecified atom stereocenters. The summed E-state index contributed by atoms with van der Waals surface area (Å²) in [5.41, 5.74) is 2.30. The number of anilines is 1. The predicted octanol–water partition coefficient (Wildman–Crippen LogP) is 3.67. The lowest BCUT2D eigenvalue weighted by molar-refractivity contribution is 0.361. The molecule has 0 spiro atoms. The van der Waals surface area contributed by atoms with Gasteiger partial charge in [0.1, 0.15) is 6.04 Å². The van der Waals surface area contributed by atoms with Gasteiger partial charge in [-0.3, -0.25) is 0 Å². The van der Waals surface area contributed by atoms with Crippen molar-refractivity contribution in [1.82, 2.24) is 10.1 Å². The molecule has 0 amide bonds. The van der Waals surface area contributed by atoms with Crippen LogP contribution in [0, 0.1) is 6.92 Å². The lowest BCUT2D eigenvalue weighted by atomic mass is 10.2. The summed E-state index contributed by atoms with van der Waals surface area (Å²) in [5.74, 6) is 1.66. The quantitative estimate of drug-likeness (QED) is 0.892. The molecule has 2 aromatic rings. The van der Waals surface area contributed by atoms with Crippen molar-refractivity contribution in [1.29, 1.82) is 0 Å². The molecule has 0 aliphatic rings. The van der Waals surface area contributed by atoms with Crippen LogP contribution in [0.25, 0.3) is 0 Å². The molecule has 4 heteroatoms. The zero-order valence-electron chi connectivity index (χ0n) is 11.3. The SMILES string of the molecule is Cc1ccc(NC(C)c2nc(C(C)C)no2)cc1. The second-order valence-electron chi connectivity index (χ2n) is 4.88. The monoisotopic (exact) mass is 245 g/mol. The van der Waals surface area contributed by atoms with Gasteiger partial charge in [-0.2, -0.15) is 4.98 Å². The summed E-state index contributed by atoms with van der Waals surface area (Å²) < 4.78 is 5.26. The highest BCUT2D eigenvalue weighted by atomic mass is 16.5. The zero-order valence-corrected chi connectivity index (χ0v) is 11.3. The average Bonchev–Trinajstić information content (AvgIpc) is 2.81. The van der Waals surface area contributed by atoms with E-state index in [1.807, 2.05) is 32.9 Å². The van der Waals surface area contributed by atoms with Gasteiger partial charge in [-0.25, -0.2) is 0 Å². The Kier molecular flexibility index (Phi) is 3.65. The van der Waals surface area contributed by atoms with Gasteiger partial charge in [0.05, 0.1) is 0 Å². The Hall–Kier alpha value is -1.84. The number of hydrogen-bond acceptors (Lipinski definition) is 4. The number of aryl methyl sites for hydroxylation is 1. The molecule has 0 fully saturated rings. The molecule has 0 bridgehead atoms. The Morgan fingerprint density at radius 2 is 1.78 bits per heavy atom. The van der Waals surface area contributed by atoms with Crippen molar-refractivity contribution in [2.45, 2.75) is 39.7 Å². The molecule has 0 saturated heterocycles. The fourth-order valence-corrected chi connectivity index (χ4v) is 1.62. The van der Waals surface area contributed by atoms with E-state index in [1.165, 1.54) is 5.56 Å². The molecule has 1 aromatic heterocycles. The molecule has 18 heavy (non-hydrogen) atoms. The Labute approximate surface area is 107 Å². The Morgan fingerprint density at radius 3 is 2.33 bits per heavy atom. The van der Waals surface area contributed by atoms with Crippen molar-refractivity contribution in [2.24, 2.45) is 0 Å². The summed E-state index contributed by atoms with van der Waals surface area (Å²) in [6.45, 7) is 8.18. The van der Waals surface area contributed by atoms with E-state index >= 15 is 0 Å². The molecular weight excluding hydrogens is 226 g/mol. The van der Waals surface area contributed by atoms with Gasteiger partial charge in [0, 0.05) is 11.6 Å². The summed E-state index contributed by atoms with van der Waals surface area (Å²) >= 11 is 0. The fraction of sp³-hybridized carbons (Fsp3) is 0.429. The zero-order chi connectivity index (χ0) is 13.1. The van der Waals surface area contributed by atoms with E-state index in [4.69, 9.17) is 4.52 Å². The third-order valence-corrected chi connectivity index (χ3v) is 2.78. The molecule has 0 radical (unpaired) electrons. The van der Waals surface area contributed by atoms with Crippen LogP contribution in [0.4, 0.5) is 5.69 Å². The van der Waals surface area contributed by atoms with E-state index in [-0.39, 0.29) is 12.0 Å². The molecule has 1 N–H and O–H groups in total. The highest BCUT2D eigenvalue weighted by Gasteiger charge is 2.15. The smallest absolute Gasteiger partial charge is 0.248 e. The third-order valence-electron chi connectivity index (χ3n) is 2.78. The molecule has 0 aliphatic carbocycles. The molecule has 96 valence electrons. The minimum absolute atomic E-state index is 0.00714. The number of benzene rings is 1. The Bertz CT molecular complexity index is 502. The van der Waals surface area contributed by atoms with Crippen LogP contribution in [-0.4, -0.2) is 10.1 Å². The second-order valence-corrected chi connectivity index (χ2v) is 4.88. The highest BCUT2D eigenvalue weighted by molar-refractivity contribution is 5.45.